The van der Waals surface area contributed by atoms with Crippen LogP contribution in [0.25, 0.3) is 0 Å². The van der Waals surface area contributed by atoms with Crippen LogP contribution >= 0.6 is 0 Å². The van der Waals surface area contributed by atoms with Crippen LogP contribution in [0.1, 0.15) is 37.1 Å². The van der Waals surface area contributed by atoms with E-state index in [9.17, 15) is 0 Å². The van der Waals surface area contributed by atoms with Crippen LogP contribution in [0.4, 0.5) is 0 Å². The number of nitrogens with zero attached hydrogens (tertiary/aromatic N) is 3. The van der Waals surface area contributed by atoms with E-state index in [1.165, 1.54) is 57.3 Å². The molecule has 118 valence electrons. The van der Waals surface area contributed by atoms with E-state index in [4.69, 9.17) is 0 Å². The Hall–Kier alpha value is -1.68. The van der Waals surface area contributed by atoms with Crippen LogP contribution in [0.2, 0.25) is 0 Å². The van der Waals surface area contributed by atoms with Crippen LogP contribution in [0, 0.1) is 5.92 Å². The molecule has 0 saturated carbocycles. The smallest absolute Gasteiger partial charge is 0.137 e. The van der Waals surface area contributed by atoms with Crippen LogP contribution < -0.4 is 0 Å². The second-order valence-electron chi connectivity index (χ2n) is 6.35. The Kier molecular flexibility index (Phi) is 5.59. The summed E-state index contributed by atoms with van der Waals surface area (Å²) in [7, 11) is 0. The van der Waals surface area contributed by atoms with Gasteiger partial charge in [-0.1, -0.05) is 30.3 Å². The first-order valence-corrected chi connectivity index (χ1v) is 8.50. The SMILES string of the molecule is c1ccc(CCCN2CCC(CCc3ncn[nH]3)CC2)cc1. The lowest BCUT2D eigenvalue weighted by Crippen LogP contribution is -2.34. The molecule has 4 heteroatoms. The highest BCUT2D eigenvalue weighted by atomic mass is 15.2. The number of H-pyrrole nitrogens is 1. The van der Waals surface area contributed by atoms with E-state index in [0.717, 1.165) is 18.2 Å². The maximum absolute atomic E-state index is 4.21. The lowest BCUT2D eigenvalue weighted by Gasteiger charge is -2.31. The van der Waals surface area contributed by atoms with Crippen molar-refractivity contribution in [1.29, 1.82) is 0 Å². The van der Waals surface area contributed by atoms with Crippen molar-refractivity contribution in [3.63, 3.8) is 0 Å². The summed E-state index contributed by atoms with van der Waals surface area (Å²) in [5.74, 6) is 1.89. The number of aromatic amines is 1. The Labute approximate surface area is 133 Å². The van der Waals surface area contributed by atoms with Gasteiger partial charge in [-0.2, -0.15) is 5.10 Å². The molecule has 1 aliphatic rings. The first kappa shape index (κ1) is 15.2. The Bertz CT molecular complexity index is 515. The summed E-state index contributed by atoms with van der Waals surface area (Å²) >= 11 is 0. The van der Waals surface area contributed by atoms with Crippen molar-refractivity contribution in [2.75, 3.05) is 19.6 Å². The number of benzene rings is 1. The number of nitrogens with one attached hydrogen (secondary N) is 1. The lowest BCUT2D eigenvalue weighted by atomic mass is 9.92. The molecule has 3 rings (SSSR count). The van der Waals surface area contributed by atoms with Crippen LogP contribution in [0.5, 0.6) is 0 Å². The molecular formula is C18H26N4. The molecule has 0 atom stereocenters. The number of hydrogen-bond acceptors (Lipinski definition) is 3. The zero-order valence-electron chi connectivity index (χ0n) is 13.2. The van der Waals surface area contributed by atoms with Gasteiger partial charge in [-0.3, -0.25) is 5.10 Å². The minimum atomic E-state index is 0.857. The molecule has 1 fully saturated rings. The number of likely N-dealkylation sites (tertiary alicyclic amines) is 1. The molecule has 2 heterocycles. The maximum Gasteiger partial charge on any atom is 0.137 e. The Morgan fingerprint density at radius 3 is 2.64 bits per heavy atom. The predicted octanol–water partition coefficient (Wildman–Crippen LogP) is 3.08. The number of hydrogen-bond donors (Lipinski definition) is 1. The topological polar surface area (TPSA) is 44.8 Å². The molecule has 0 aliphatic carbocycles. The Balaban J connectivity index is 1.30. The van der Waals surface area contributed by atoms with Gasteiger partial charge in [0.1, 0.15) is 12.2 Å². The quantitative estimate of drug-likeness (QED) is 0.854. The van der Waals surface area contributed by atoms with Crippen molar-refractivity contribution in [3.05, 3.63) is 48.0 Å². The second-order valence-corrected chi connectivity index (χ2v) is 6.35. The van der Waals surface area contributed by atoms with Crippen LogP contribution in [0.15, 0.2) is 36.7 Å². The van der Waals surface area contributed by atoms with Crippen molar-refractivity contribution in [3.8, 4) is 0 Å². The highest BCUT2D eigenvalue weighted by Gasteiger charge is 2.18. The van der Waals surface area contributed by atoms with Gasteiger partial charge in [0.05, 0.1) is 0 Å². The summed E-state index contributed by atoms with van der Waals surface area (Å²) in [5.41, 5.74) is 1.46. The fraction of sp³-hybridized carbons (Fsp3) is 0.556. The molecule has 0 bridgehead atoms. The van der Waals surface area contributed by atoms with Gasteiger partial charge in [-0.15, -0.1) is 0 Å². The van der Waals surface area contributed by atoms with Crippen molar-refractivity contribution in [2.24, 2.45) is 5.92 Å². The van der Waals surface area contributed by atoms with Gasteiger partial charge >= 0.3 is 0 Å². The summed E-state index contributed by atoms with van der Waals surface area (Å²) in [4.78, 5) is 6.84. The normalized spacial score (nSPS) is 16.9. The van der Waals surface area contributed by atoms with Crippen LogP contribution in [-0.2, 0) is 12.8 Å². The summed E-state index contributed by atoms with van der Waals surface area (Å²) < 4.78 is 0. The second kappa shape index (κ2) is 8.08. The van der Waals surface area contributed by atoms with Gasteiger partial charge in [0.15, 0.2) is 0 Å². The molecule has 1 aliphatic heterocycles. The number of aryl methyl sites for hydroxylation is 2. The van der Waals surface area contributed by atoms with Gasteiger partial charge in [0.2, 0.25) is 0 Å². The van der Waals surface area contributed by atoms with E-state index in [-0.39, 0.29) is 0 Å². The van der Waals surface area contributed by atoms with Gasteiger partial charge in [0, 0.05) is 6.42 Å². The Morgan fingerprint density at radius 1 is 1.09 bits per heavy atom. The third-order valence-corrected chi connectivity index (χ3v) is 4.74. The van der Waals surface area contributed by atoms with Gasteiger partial charge in [0.25, 0.3) is 0 Å². The monoisotopic (exact) mass is 298 g/mol. The highest BCUT2D eigenvalue weighted by molar-refractivity contribution is 5.14. The molecule has 1 N–H and O–H groups in total. The molecule has 0 spiro atoms. The highest BCUT2D eigenvalue weighted by Crippen LogP contribution is 2.22. The first-order valence-electron chi connectivity index (χ1n) is 8.50. The largest absolute Gasteiger partial charge is 0.303 e. The van der Waals surface area contributed by atoms with E-state index < -0.39 is 0 Å². The maximum atomic E-state index is 4.21. The van der Waals surface area contributed by atoms with Crippen LogP contribution in [0.3, 0.4) is 0 Å². The number of piperidine rings is 1. The van der Waals surface area contributed by atoms with Crippen molar-refractivity contribution in [2.45, 2.75) is 38.5 Å². The first-order chi connectivity index (χ1) is 10.9. The molecule has 0 unspecified atom stereocenters. The third kappa shape index (κ3) is 4.67. The molecule has 0 amide bonds. The van der Waals surface area contributed by atoms with E-state index in [0.29, 0.717) is 0 Å². The standard InChI is InChI=1S/C18H26N4/c1-2-5-16(6-3-1)7-4-12-22-13-10-17(11-14-22)8-9-18-19-15-20-21-18/h1-3,5-6,15,17H,4,7-14H2,(H,19,20,21). The molecule has 2 aromatic rings. The molecule has 0 radical (unpaired) electrons. The molecule has 1 saturated heterocycles. The molecule has 22 heavy (non-hydrogen) atoms. The van der Waals surface area contributed by atoms with E-state index in [1.807, 2.05) is 0 Å². The predicted molar refractivity (Wildman–Crippen MR) is 88.6 cm³/mol. The van der Waals surface area contributed by atoms with Gasteiger partial charge < -0.3 is 4.90 Å². The molecule has 4 nitrogen and oxygen atoms in total. The summed E-state index contributed by atoms with van der Waals surface area (Å²) in [6.45, 7) is 3.76. The van der Waals surface area contributed by atoms with E-state index in [1.54, 1.807) is 6.33 Å². The Morgan fingerprint density at radius 2 is 1.91 bits per heavy atom. The van der Waals surface area contributed by atoms with Crippen molar-refractivity contribution >= 4 is 0 Å². The van der Waals surface area contributed by atoms with Gasteiger partial charge in [-0.05, 0) is 63.2 Å². The average molecular weight is 298 g/mol. The number of aromatic nitrogens is 3. The lowest BCUT2D eigenvalue weighted by molar-refractivity contribution is 0.177. The third-order valence-electron chi connectivity index (χ3n) is 4.74. The summed E-state index contributed by atoms with van der Waals surface area (Å²) in [6.07, 6.45) is 9.02. The number of rotatable bonds is 7. The fourth-order valence-electron chi connectivity index (χ4n) is 3.34. The van der Waals surface area contributed by atoms with Crippen molar-refractivity contribution in [1.82, 2.24) is 20.1 Å². The summed E-state index contributed by atoms with van der Waals surface area (Å²) in [6, 6.07) is 10.8. The summed E-state index contributed by atoms with van der Waals surface area (Å²) in [5, 5.41) is 6.87. The average Bonchev–Trinajstić information content (AvgIpc) is 3.09. The zero-order valence-corrected chi connectivity index (χ0v) is 13.2. The zero-order chi connectivity index (χ0) is 15.0. The van der Waals surface area contributed by atoms with E-state index in [2.05, 4.69) is 50.4 Å². The van der Waals surface area contributed by atoms with E-state index >= 15 is 0 Å². The van der Waals surface area contributed by atoms with Crippen molar-refractivity contribution < 1.29 is 0 Å². The minimum absolute atomic E-state index is 0.857. The minimum Gasteiger partial charge on any atom is -0.303 e. The molecule has 1 aromatic heterocycles. The fourth-order valence-corrected chi connectivity index (χ4v) is 3.34. The molecule has 1 aromatic carbocycles. The molecular weight excluding hydrogens is 272 g/mol. The van der Waals surface area contributed by atoms with Gasteiger partial charge in [-0.25, -0.2) is 4.98 Å². The van der Waals surface area contributed by atoms with Crippen LogP contribution in [-0.4, -0.2) is 39.7 Å².